The summed E-state index contributed by atoms with van der Waals surface area (Å²) in [5.41, 5.74) is -0.755. The SMILES string of the molecule is CSCCC(=O)OC(C(=O)OC(C)(C)C)C(C)C(=O)c1ccco1. The number of carbonyl (C=O) groups is 3. The van der Waals surface area contributed by atoms with E-state index in [-0.39, 0.29) is 12.2 Å². The van der Waals surface area contributed by atoms with Crippen LogP contribution in [-0.2, 0) is 19.1 Å². The molecule has 0 aliphatic heterocycles. The second kappa shape index (κ2) is 8.92. The van der Waals surface area contributed by atoms with E-state index in [1.54, 1.807) is 26.8 Å². The van der Waals surface area contributed by atoms with Gasteiger partial charge in [0, 0.05) is 5.75 Å². The Kier molecular flexibility index (Phi) is 7.54. The molecule has 0 spiro atoms. The van der Waals surface area contributed by atoms with Crippen molar-refractivity contribution in [2.75, 3.05) is 12.0 Å². The van der Waals surface area contributed by atoms with Crippen LogP contribution in [0.2, 0.25) is 0 Å². The first-order valence-electron chi connectivity index (χ1n) is 7.64. The third kappa shape index (κ3) is 6.39. The summed E-state index contributed by atoms with van der Waals surface area (Å²) < 4.78 is 15.6. The van der Waals surface area contributed by atoms with Crippen molar-refractivity contribution in [1.29, 1.82) is 0 Å². The first kappa shape index (κ1) is 20.3. The number of esters is 2. The molecule has 7 heteroatoms. The molecular formula is C17H24O6S. The molecule has 1 aromatic heterocycles. The number of ketones is 1. The Labute approximate surface area is 146 Å². The van der Waals surface area contributed by atoms with Gasteiger partial charge in [-0.05, 0) is 39.2 Å². The molecule has 0 saturated carbocycles. The molecule has 0 aliphatic rings. The molecule has 0 fully saturated rings. The van der Waals surface area contributed by atoms with Gasteiger partial charge in [0.1, 0.15) is 5.60 Å². The summed E-state index contributed by atoms with van der Waals surface area (Å²) in [6.45, 7) is 6.63. The Hall–Kier alpha value is -1.76. The van der Waals surface area contributed by atoms with Crippen LogP contribution in [0.3, 0.4) is 0 Å². The lowest BCUT2D eigenvalue weighted by Gasteiger charge is -2.26. The molecule has 2 unspecified atom stereocenters. The predicted octanol–water partition coefficient (Wildman–Crippen LogP) is 3.11. The van der Waals surface area contributed by atoms with Crippen LogP contribution in [0.1, 0.15) is 44.7 Å². The average Bonchev–Trinajstić information content (AvgIpc) is 3.01. The van der Waals surface area contributed by atoms with E-state index in [0.29, 0.717) is 5.75 Å². The van der Waals surface area contributed by atoms with Gasteiger partial charge >= 0.3 is 11.9 Å². The number of thioether (sulfide) groups is 1. The third-order valence-electron chi connectivity index (χ3n) is 3.04. The topological polar surface area (TPSA) is 82.8 Å². The van der Waals surface area contributed by atoms with E-state index in [1.165, 1.54) is 31.0 Å². The number of furan rings is 1. The van der Waals surface area contributed by atoms with E-state index in [2.05, 4.69) is 0 Å². The summed E-state index contributed by atoms with van der Waals surface area (Å²) in [5.74, 6) is -1.94. The van der Waals surface area contributed by atoms with E-state index in [1.807, 2.05) is 6.26 Å². The highest BCUT2D eigenvalue weighted by Crippen LogP contribution is 2.20. The fourth-order valence-electron chi connectivity index (χ4n) is 1.88. The van der Waals surface area contributed by atoms with Crippen LogP contribution in [0.4, 0.5) is 0 Å². The highest BCUT2D eigenvalue weighted by molar-refractivity contribution is 7.98. The van der Waals surface area contributed by atoms with Crippen molar-refractivity contribution >= 4 is 29.5 Å². The first-order valence-corrected chi connectivity index (χ1v) is 9.04. The summed E-state index contributed by atoms with van der Waals surface area (Å²) in [4.78, 5) is 36.7. The Bertz CT molecular complexity index is 558. The Morgan fingerprint density at radius 3 is 2.46 bits per heavy atom. The molecule has 0 bridgehead atoms. The van der Waals surface area contributed by atoms with Crippen molar-refractivity contribution in [3.05, 3.63) is 24.2 Å². The van der Waals surface area contributed by atoms with Crippen LogP contribution in [0.15, 0.2) is 22.8 Å². The molecule has 24 heavy (non-hydrogen) atoms. The molecule has 0 radical (unpaired) electrons. The van der Waals surface area contributed by atoms with Gasteiger partial charge in [-0.15, -0.1) is 0 Å². The molecular weight excluding hydrogens is 332 g/mol. The minimum atomic E-state index is -1.31. The molecule has 0 amide bonds. The van der Waals surface area contributed by atoms with Crippen molar-refractivity contribution < 1.29 is 28.3 Å². The minimum absolute atomic E-state index is 0.108. The first-order chi connectivity index (χ1) is 11.2. The number of rotatable bonds is 8. The predicted molar refractivity (Wildman–Crippen MR) is 90.9 cm³/mol. The second-order valence-corrected chi connectivity index (χ2v) is 7.30. The van der Waals surface area contributed by atoms with Crippen molar-refractivity contribution in [3.63, 3.8) is 0 Å². The lowest BCUT2D eigenvalue weighted by molar-refractivity contribution is -0.178. The number of ether oxygens (including phenoxy) is 2. The highest BCUT2D eigenvalue weighted by Gasteiger charge is 2.38. The maximum atomic E-state index is 12.4. The fourth-order valence-corrected chi connectivity index (χ4v) is 2.25. The van der Waals surface area contributed by atoms with Gasteiger partial charge in [0.2, 0.25) is 11.9 Å². The second-order valence-electron chi connectivity index (χ2n) is 6.32. The van der Waals surface area contributed by atoms with E-state index in [9.17, 15) is 14.4 Å². The number of carbonyl (C=O) groups excluding carboxylic acids is 3. The molecule has 2 atom stereocenters. The lowest BCUT2D eigenvalue weighted by atomic mass is 9.97. The molecule has 0 saturated heterocycles. The zero-order chi connectivity index (χ0) is 18.3. The lowest BCUT2D eigenvalue weighted by Crippen LogP contribution is -2.41. The van der Waals surface area contributed by atoms with E-state index in [0.717, 1.165) is 0 Å². The monoisotopic (exact) mass is 356 g/mol. The molecule has 1 heterocycles. The van der Waals surface area contributed by atoms with E-state index >= 15 is 0 Å². The van der Waals surface area contributed by atoms with Gasteiger partial charge in [0.05, 0.1) is 18.6 Å². The van der Waals surface area contributed by atoms with Crippen molar-refractivity contribution in [3.8, 4) is 0 Å². The third-order valence-corrected chi connectivity index (χ3v) is 3.65. The maximum absolute atomic E-state index is 12.4. The summed E-state index contributed by atoms with van der Waals surface area (Å²) in [7, 11) is 0. The number of Topliss-reactive ketones (excluding diaryl/α,β-unsaturated/α-hetero) is 1. The zero-order valence-electron chi connectivity index (χ0n) is 14.7. The molecule has 134 valence electrons. The maximum Gasteiger partial charge on any atom is 0.348 e. The Balaban J connectivity index is 2.92. The molecule has 1 rings (SSSR count). The quantitative estimate of drug-likeness (QED) is 0.523. The van der Waals surface area contributed by atoms with Gasteiger partial charge < -0.3 is 13.9 Å². The van der Waals surface area contributed by atoms with E-state index < -0.39 is 35.3 Å². The largest absolute Gasteiger partial charge is 0.461 e. The van der Waals surface area contributed by atoms with Crippen LogP contribution in [0, 0.1) is 5.92 Å². The summed E-state index contributed by atoms with van der Waals surface area (Å²) in [6.07, 6.45) is 2.08. The summed E-state index contributed by atoms with van der Waals surface area (Å²) in [6, 6.07) is 3.08. The van der Waals surface area contributed by atoms with Gasteiger partial charge in [0.25, 0.3) is 0 Å². The van der Waals surface area contributed by atoms with Gasteiger partial charge in [-0.25, -0.2) is 4.79 Å². The molecule has 0 aromatic carbocycles. The normalized spacial score (nSPS) is 13.9. The molecule has 0 N–H and O–H groups in total. The smallest absolute Gasteiger partial charge is 0.348 e. The van der Waals surface area contributed by atoms with Gasteiger partial charge in [-0.1, -0.05) is 6.92 Å². The van der Waals surface area contributed by atoms with Gasteiger partial charge in [-0.2, -0.15) is 11.8 Å². The van der Waals surface area contributed by atoms with Crippen molar-refractivity contribution in [1.82, 2.24) is 0 Å². The van der Waals surface area contributed by atoms with Gasteiger partial charge in [0.15, 0.2) is 5.76 Å². The van der Waals surface area contributed by atoms with Crippen LogP contribution in [-0.4, -0.2) is 41.4 Å². The zero-order valence-corrected chi connectivity index (χ0v) is 15.5. The number of hydrogen-bond acceptors (Lipinski definition) is 7. The Morgan fingerprint density at radius 1 is 1.29 bits per heavy atom. The highest BCUT2D eigenvalue weighted by atomic mass is 32.2. The molecule has 6 nitrogen and oxygen atoms in total. The van der Waals surface area contributed by atoms with Crippen LogP contribution in [0.5, 0.6) is 0 Å². The average molecular weight is 356 g/mol. The molecule has 1 aromatic rings. The summed E-state index contributed by atoms with van der Waals surface area (Å²) >= 11 is 1.49. The number of hydrogen-bond donors (Lipinski definition) is 0. The minimum Gasteiger partial charge on any atom is -0.461 e. The summed E-state index contributed by atoms with van der Waals surface area (Å²) in [5, 5.41) is 0. The van der Waals surface area contributed by atoms with Crippen molar-refractivity contribution in [2.24, 2.45) is 5.92 Å². The van der Waals surface area contributed by atoms with Gasteiger partial charge in [-0.3, -0.25) is 9.59 Å². The van der Waals surface area contributed by atoms with Crippen LogP contribution >= 0.6 is 11.8 Å². The van der Waals surface area contributed by atoms with Crippen molar-refractivity contribution in [2.45, 2.75) is 45.8 Å². The Morgan fingerprint density at radius 2 is 1.96 bits per heavy atom. The molecule has 0 aliphatic carbocycles. The van der Waals surface area contributed by atoms with E-state index in [4.69, 9.17) is 13.9 Å². The van der Waals surface area contributed by atoms with Crippen LogP contribution < -0.4 is 0 Å². The van der Waals surface area contributed by atoms with Crippen LogP contribution in [0.25, 0.3) is 0 Å². The standard InChI is InChI=1S/C17H24O6S/c1-11(14(19)12-7-6-9-21-12)15(16(20)23-17(2,3)4)22-13(18)8-10-24-5/h6-7,9,11,15H,8,10H2,1-5H3. The fraction of sp³-hybridized carbons (Fsp3) is 0.588.